The van der Waals surface area contributed by atoms with Crippen LogP contribution in [-0.2, 0) is 11.3 Å². The Morgan fingerprint density at radius 3 is 2.83 bits per heavy atom. The van der Waals surface area contributed by atoms with Crippen LogP contribution >= 0.6 is 0 Å². The van der Waals surface area contributed by atoms with Crippen molar-refractivity contribution in [1.82, 2.24) is 5.16 Å². The average Bonchev–Trinajstić information content (AvgIpc) is 3.25. The molecule has 23 heavy (non-hydrogen) atoms. The van der Waals surface area contributed by atoms with Crippen molar-refractivity contribution in [1.29, 1.82) is 0 Å². The van der Waals surface area contributed by atoms with E-state index >= 15 is 0 Å². The summed E-state index contributed by atoms with van der Waals surface area (Å²) >= 11 is 0. The van der Waals surface area contributed by atoms with Gasteiger partial charge in [-0.05, 0) is 31.7 Å². The van der Waals surface area contributed by atoms with Crippen molar-refractivity contribution in [3.63, 3.8) is 0 Å². The van der Waals surface area contributed by atoms with E-state index in [1.807, 2.05) is 12.1 Å². The Balaban J connectivity index is 1.87. The van der Waals surface area contributed by atoms with Crippen LogP contribution in [0.2, 0.25) is 0 Å². The molecule has 0 atom stereocenters. The molecule has 2 aromatic rings. The molecule has 1 aliphatic carbocycles. The minimum atomic E-state index is -0.571. The number of hydrogen-bond donors (Lipinski definition) is 1. The van der Waals surface area contributed by atoms with Crippen LogP contribution in [-0.4, -0.2) is 29.4 Å². The van der Waals surface area contributed by atoms with Crippen LogP contribution in [0.5, 0.6) is 5.75 Å². The second-order valence-electron chi connectivity index (χ2n) is 5.57. The van der Waals surface area contributed by atoms with E-state index in [0.717, 1.165) is 24.0 Å². The molecule has 0 aliphatic heterocycles. The van der Waals surface area contributed by atoms with Gasteiger partial charge >= 0.3 is 5.97 Å². The predicted molar refractivity (Wildman–Crippen MR) is 82.1 cm³/mol. The van der Waals surface area contributed by atoms with Gasteiger partial charge in [-0.1, -0.05) is 17.3 Å². The monoisotopic (exact) mass is 317 g/mol. The Bertz CT molecular complexity index is 688. The van der Waals surface area contributed by atoms with Crippen LogP contribution in [0.4, 0.5) is 0 Å². The Morgan fingerprint density at radius 2 is 2.13 bits per heavy atom. The van der Waals surface area contributed by atoms with Gasteiger partial charge in [0.15, 0.2) is 0 Å². The lowest BCUT2D eigenvalue weighted by molar-refractivity contribution is 0.0554. The fraction of sp³-hybridized carbons (Fsp3) is 0.412. The van der Waals surface area contributed by atoms with E-state index in [1.165, 1.54) is 26.0 Å². The highest BCUT2D eigenvalue weighted by Gasteiger charge is 2.19. The molecule has 6 nitrogen and oxygen atoms in total. The standard InChI is InChI=1S/C17H19NO5/c1-21-17(20)16-9-14(18-23-16)11-6-7-12(10-19)15(8-11)22-13-4-2-3-5-13/h6-9,13,19H,2-5,10H2,1H3. The number of rotatable bonds is 5. The Labute approximate surface area is 134 Å². The Hall–Kier alpha value is -2.34. The normalized spacial score (nSPS) is 14.9. The maximum Gasteiger partial charge on any atom is 0.376 e. The van der Waals surface area contributed by atoms with E-state index in [0.29, 0.717) is 11.4 Å². The number of carbonyl (C=O) groups is 1. The lowest BCUT2D eigenvalue weighted by Gasteiger charge is -2.16. The van der Waals surface area contributed by atoms with E-state index in [2.05, 4.69) is 9.89 Å². The number of hydrogen-bond acceptors (Lipinski definition) is 6. The van der Waals surface area contributed by atoms with Gasteiger partial charge in [0, 0.05) is 17.2 Å². The third-order valence-electron chi connectivity index (χ3n) is 4.03. The fourth-order valence-electron chi connectivity index (χ4n) is 2.75. The molecule has 1 aromatic carbocycles. The molecule has 1 aromatic heterocycles. The van der Waals surface area contributed by atoms with Gasteiger partial charge < -0.3 is 19.1 Å². The maximum atomic E-state index is 11.4. The smallest absolute Gasteiger partial charge is 0.376 e. The molecule has 0 radical (unpaired) electrons. The highest BCUT2D eigenvalue weighted by atomic mass is 16.5. The highest BCUT2D eigenvalue weighted by Crippen LogP contribution is 2.31. The molecule has 122 valence electrons. The second-order valence-corrected chi connectivity index (χ2v) is 5.57. The van der Waals surface area contributed by atoms with Crippen molar-refractivity contribution in [2.45, 2.75) is 38.4 Å². The minimum Gasteiger partial charge on any atom is -0.490 e. The van der Waals surface area contributed by atoms with Crippen molar-refractivity contribution < 1.29 is 23.9 Å². The Morgan fingerprint density at radius 1 is 1.35 bits per heavy atom. The summed E-state index contributed by atoms with van der Waals surface area (Å²) in [4.78, 5) is 11.4. The van der Waals surface area contributed by atoms with Gasteiger partial charge in [-0.3, -0.25) is 0 Å². The lowest BCUT2D eigenvalue weighted by atomic mass is 10.1. The molecule has 0 amide bonds. The molecule has 0 bridgehead atoms. The van der Waals surface area contributed by atoms with E-state index in [-0.39, 0.29) is 18.5 Å². The molecule has 0 unspecified atom stereocenters. The molecule has 0 spiro atoms. The molecule has 6 heteroatoms. The Kier molecular flexibility index (Phi) is 4.62. The number of aromatic nitrogens is 1. The summed E-state index contributed by atoms with van der Waals surface area (Å²) in [5, 5.41) is 13.4. The van der Waals surface area contributed by atoms with E-state index in [9.17, 15) is 9.90 Å². The topological polar surface area (TPSA) is 81.8 Å². The largest absolute Gasteiger partial charge is 0.490 e. The van der Waals surface area contributed by atoms with Crippen molar-refractivity contribution in [2.75, 3.05) is 7.11 Å². The molecule has 1 aliphatic rings. The van der Waals surface area contributed by atoms with E-state index < -0.39 is 5.97 Å². The number of ether oxygens (including phenoxy) is 2. The molecule has 1 N–H and O–H groups in total. The van der Waals surface area contributed by atoms with Gasteiger partial charge in [0.25, 0.3) is 0 Å². The van der Waals surface area contributed by atoms with Crippen LogP contribution in [0.15, 0.2) is 28.8 Å². The van der Waals surface area contributed by atoms with Crippen LogP contribution in [0.25, 0.3) is 11.3 Å². The summed E-state index contributed by atoms with van der Waals surface area (Å²) < 4.78 is 15.6. The number of aliphatic hydroxyl groups is 1. The molecular formula is C17H19NO5. The number of aliphatic hydroxyl groups excluding tert-OH is 1. The third-order valence-corrected chi connectivity index (χ3v) is 4.03. The molecule has 1 fully saturated rings. The molecule has 0 saturated heterocycles. The summed E-state index contributed by atoms with van der Waals surface area (Å²) in [5.41, 5.74) is 2.01. The third kappa shape index (κ3) is 3.37. The summed E-state index contributed by atoms with van der Waals surface area (Å²) in [7, 11) is 1.29. The van der Waals surface area contributed by atoms with Gasteiger partial charge in [0.1, 0.15) is 11.4 Å². The quantitative estimate of drug-likeness (QED) is 0.854. The first-order valence-corrected chi connectivity index (χ1v) is 7.67. The van der Waals surface area contributed by atoms with Gasteiger partial charge in [-0.2, -0.15) is 0 Å². The summed E-state index contributed by atoms with van der Waals surface area (Å²) in [6.45, 7) is -0.0887. The van der Waals surface area contributed by atoms with E-state index in [4.69, 9.17) is 9.26 Å². The van der Waals surface area contributed by atoms with Crippen LogP contribution in [0, 0.1) is 0 Å². The van der Waals surface area contributed by atoms with Crippen LogP contribution in [0.3, 0.4) is 0 Å². The molecular weight excluding hydrogens is 298 g/mol. The molecule has 3 rings (SSSR count). The number of methoxy groups -OCH3 is 1. The highest BCUT2D eigenvalue weighted by molar-refractivity contribution is 5.87. The number of esters is 1. The SMILES string of the molecule is COC(=O)c1cc(-c2ccc(CO)c(OC3CCCC3)c2)no1. The second kappa shape index (κ2) is 6.83. The van der Waals surface area contributed by atoms with Gasteiger partial charge in [-0.15, -0.1) is 0 Å². The summed E-state index contributed by atoms with van der Waals surface area (Å²) in [5.74, 6) is 0.129. The van der Waals surface area contributed by atoms with Crippen LogP contribution in [0.1, 0.15) is 41.8 Å². The lowest BCUT2D eigenvalue weighted by Crippen LogP contribution is -2.12. The molecule has 1 heterocycles. The first-order chi connectivity index (χ1) is 11.2. The average molecular weight is 317 g/mol. The van der Waals surface area contributed by atoms with E-state index in [1.54, 1.807) is 6.07 Å². The first kappa shape index (κ1) is 15.6. The number of benzene rings is 1. The summed E-state index contributed by atoms with van der Waals surface area (Å²) in [6.07, 6.45) is 4.60. The van der Waals surface area contributed by atoms with Gasteiger partial charge in [0.2, 0.25) is 5.76 Å². The van der Waals surface area contributed by atoms with Gasteiger partial charge in [0.05, 0.1) is 19.8 Å². The number of nitrogens with zero attached hydrogens (tertiary/aromatic N) is 1. The zero-order valence-corrected chi connectivity index (χ0v) is 12.9. The van der Waals surface area contributed by atoms with Crippen molar-refractivity contribution in [3.05, 3.63) is 35.6 Å². The first-order valence-electron chi connectivity index (χ1n) is 7.67. The fourth-order valence-corrected chi connectivity index (χ4v) is 2.75. The summed E-state index contributed by atoms with van der Waals surface area (Å²) in [6, 6.07) is 6.96. The maximum absolute atomic E-state index is 11.4. The van der Waals surface area contributed by atoms with Crippen molar-refractivity contribution >= 4 is 5.97 Å². The van der Waals surface area contributed by atoms with Crippen molar-refractivity contribution in [2.24, 2.45) is 0 Å². The zero-order valence-electron chi connectivity index (χ0n) is 12.9. The van der Waals surface area contributed by atoms with Gasteiger partial charge in [-0.25, -0.2) is 4.79 Å². The zero-order chi connectivity index (χ0) is 16.2. The van der Waals surface area contributed by atoms with Crippen molar-refractivity contribution in [3.8, 4) is 17.0 Å². The molecule has 1 saturated carbocycles. The predicted octanol–water partition coefficient (Wildman–Crippen LogP) is 2.94. The minimum absolute atomic E-state index is 0.0481. The van der Waals surface area contributed by atoms with Crippen LogP contribution < -0.4 is 4.74 Å². The number of carbonyl (C=O) groups excluding carboxylic acids is 1.